The van der Waals surface area contributed by atoms with Crippen LogP contribution in [0.4, 0.5) is 14.9 Å². The molecule has 0 unspecified atom stereocenters. The normalized spacial score (nSPS) is 15.7. The van der Waals surface area contributed by atoms with Crippen LogP contribution in [0.3, 0.4) is 0 Å². The number of halogens is 2. The van der Waals surface area contributed by atoms with Crippen LogP contribution in [0.1, 0.15) is 5.76 Å². The van der Waals surface area contributed by atoms with E-state index in [0.717, 1.165) is 25.4 Å². The maximum Gasteiger partial charge on any atom is 0.321 e. The molecule has 5 nitrogen and oxygen atoms in total. The van der Waals surface area contributed by atoms with Crippen LogP contribution < -0.4 is 5.32 Å². The molecular weight excluding hydrogens is 321 g/mol. The molecule has 1 aliphatic heterocycles. The van der Waals surface area contributed by atoms with E-state index in [-0.39, 0.29) is 11.1 Å². The van der Waals surface area contributed by atoms with Crippen molar-refractivity contribution in [1.82, 2.24) is 9.80 Å². The van der Waals surface area contributed by atoms with Crippen LogP contribution >= 0.6 is 11.6 Å². The van der Waals surface area contributed by atoms with Gasteiger partial charge in [0.2, 0.25) is 0 Å². The molecule has 1 aromatic heterocycles. The van der Waals surface area contributed by atoms with E-state index in [1.165, 1.54) is 18.2 Å². The van der Waals surface area contributed by atoms with Crippen molar-refractivity contribution >= 4 is 23.3 Å². The average molecular weight is 338 g/mol. The van der Waals surface area contributed by atoms with Gasteiger partial charge in [0.1, 0.15) is 11.6 Å². The van der Waals surface area contributed by atoms with Gasteiger partial charge in [-0.3, -0.25) is 4.90 Å². The molecule has 3 rings (SSSR count). The Morgan fingerprint density at radius 1 is 1.26 bits per heavy atom. The molecular formula is C16H17ClFN3O2. The predicted octanol–water partition coefficient (Wildman–Crippen LogP) is 3.42. The van der Waals surface area contributed by atoms with Crippen LogP contribution in [0.5, 0.6) is 0 Å². The van der Waals surface area contributed by atoms with Crippen molar-refractivity contribution < 1.29 is 13.6 Å². The van der Waals surface area contributed by atoms with Gasteiger partial charge < -0.3 is 14.6 Å². The Labute approximate surface area is 138 Å². The largest absolute Gasteiger partial charge is 0.468 e. The molecule has 1 saturated heterocycles. The molecule has 1 aromatic carbocycles. The van der Waals surface area contributed by atoms with Crippen LogP contribution in [-0.2, 0) is 6.54 Å². The molecule has 0 bridgehead atoms. The fourth-order valence-corrected chi connectivity index (χ4v) is 2.69. The van der Waals surface area contributed by atoms with Gasteiger partial charge >= 0.3 is 6.03 Å². The zero-order chi connectivity index (χ0) is 16.2. The lowest BCUT2D eigenvalue weighted by Gasteiger charge is -2.34. The number of furan rings is 1. The van der Waals surface area contributed by atoms with E-state index in [1.807, 2.05) is 12.1 Å². The van der Waals surface area contributed by atoms with E-state index in [9.17, 15) is 9.18 Å². The molecule has 0 aliphatic carbocycles. The number of hydrogen-bond donors (Lipinski definition) is 1. The highest BCUT2D eigenvalue weighted by atomic mass is 35.5. The lowest BCUT2D eigenvalue weighted by molar-refractivity contribution is 0.137. The molecule has 2 amide bonds. The SMILES string of the molecule is O=C(Nc1ccc(F)c(Cl)c1)N1CCN(Cc2ccco2)CC1. The second kappa shape index (κ2) is 7.02. The Balaban J connectivity index is 1.50. The molecule has 7 heteroatoms. The Bertz CT molecular complexity index is 670. The standard InChI is InChI=1S/C16H17ClFN3O2/c17-14-10-12(3-4-15(14)18)19-16(22)21-7-5-20(6-8-21)11-13-2-1-9-23-13/h1-4,9-10H,5-8,11H2,(H,19,22). The van der Waals surface area contributed by atoms with E-state index in [2.05, 4.69) is 10.2 Å². The topological polar surface area (TPSA) is 48.7 Å². The second-order valence-electron chi connectivity index (χ2n) is 5.40. The van der Waals surface area contributed by atoms with Crippen molar-refractivity contribution in [2.75, 3.05) is 31.5 Å². The number of amides is 2. The first kappa shape index (κ1) is 15.8. The summed E-state index contributed by atoms with van der Waals surface area (Å²) in [6.07, 6.45) is 1.66. The van der Waals surface area contributed by atoms with Gasteiger partial charge in [-0.15, -0.1) is 0 Å². The van der Waals surface area contributed by atoms with Gasteiger partial charge in [0.15, 0.2) is 0 Å². The highest BCUT2D eigenvalue weighted by Gasteiger charge is 2.21. The number of benzene rings is 1. The van der Waals surface area contributed by atoms with Crippen LogP contribution in [0.2, 0.25) is 5.02 Å². The molecule has 2 aromatic rings. The Kier molecular flexibility index (Phi) is 4.83. The lowest BCUT2D eigenvalue weighted by atomic mass is 10.3. The third-order valence-electron chi connectivity index (χ3n) is 3.79. The Hall–Kier alpha value is -2.05. The highest BCUT2D eigenvalue weighted by molar-refractivity contribution is 6.31. The summed E-state index contributed by atoms with van der Waals surface area (Å²) >= 11 is 5.71. The number of carbonyl (C=O) groups is 1. The summed E-state index contributed by atoms with van der Waals surface area (Å²) in [7, 11) is 0. The number of nitrogens with one attached hydrogen (secondary N) is 1. The first-order valence-electron chi connectivity index (χ1n) is 7.37. The fraction of sp³-hybridized carbons (Fsp3) is 0.312. The van der Waals surface area contributed by atoms with Crippen LogP contribution in [0.25, 0.3) is 0 Å². The number of carbonyl (C=O) groups excluding carboxylic acids is 1. The van der Waals surface area contributed by atoms with Crippen molar-refractivity contribution in [3.63, 3.8) is 0 Å². The first-order chi connectivity index (χ1) is 11.1. The highest BCUT2D eigenvalue weighted by Crippen LogP contribution is 2.20. The summed E-state index contributed by atoms with van der Waals surface area (Å²) in [5.41, 5.74) is 0.486. The number of rotatable bonds is 3. The van der Waals surface area contributed by atoms with E-state index in [4.69, 9.17) is 16.0 Å². The van der Waals surface area contributed by atoms with Gasteiger partial charge in [0, 0.05) is 31.9 Å². The monoisotopic (exact) mass is 337 g/mol. The molecule has 1 N–H and O–H groups in total. The zero-order valence-electron chi connectivity index (χ0n) is 12.5. The van der Waals surface area contributed by atoms with E-state index < -0.39 is 5.82 Å². The van der Waals surface area contributed by atoms with Gasteiger partial charge in [-0.25, -0.2) is 9.18 Å². The summed E-state index contributed by atoms with van der Waals surface area (Å²) in [5, 5.41) is 2.73. The molecule has 0 radical (unpaired) electrons. The average Bonchev–Trinajstić information content (AvgIpc) is 3.04. The number of urea groups is 1. The summed E-state index contributed by atoms with van der Waals surface area (Å²) in [6, 6.07) is 7.74. The summed E-state index contributed by atoms with van der Waals surface area (Å²) in [6.45, 7) is 3.55. The summed E-state index contributed by atoms with van der Waals surface area (Å²) in [4.78, 5) is 16.2. The first-order valence-corrected chi connectivity index (χ1v) is 7.75. The Morgan fingerprint density at radius 3 is 2.70 bits per heavy atom. The van der Waals surface area contributed by atoms with Gasteiger partial charge in [-0.1, -0.05) is 11.6 Å². The maximum atomic E-state index is 13.1. The van der Waals surface area contributed by atoms with Crippen molar-refractivity contribution in [2.24, 2.45) is 0 Å². The fourth-order valence-electron chi connectivity index (χ4n) is 2.51. The number of nitrogens with zero attached hydrogens (tertiary/aromatic N) is 2. The maximum absolute atomic E-state index is 13.1. The number of hydrogen-bond acceptors (Lipinski definition) is 3. The molecule has 0 saturated carbocycles. The van der Waals surface area contributed by atoms with Crippen LogP contribution in [0, 0.1) is 5.82 Å². The van der Waals surface area contributed by atoms with E-state index >= 15 is 0 Å². The third-order valence-corrected chi connectivity index (χ3v) is 4.08. The smallest absolute Gasteiger partial charge is 0.321 e. The van der Waals surface area contributed by atoms with Crippen molar-refractivity contribution in [2.45, 2.75) is 6.54 Å². The molecule has 1 fully saturated rings. The van der Waals surface area contributed by atoms with Crippen molar-refractivity contribution in [1.29, 1.82) is 0 Å². The molecule has 122 valence electrons. The minimum Gasteiger partial charge on any atom is -0.468 e. The predicted molar refractivity (Wildman–Crippen MR) is 86.0 cm³/mol. The Morgan fingerprint density at radius 2 is 2.04 bits per heavy atom. The van der Waals surface area contributed by atoms with Gasteiger partial charge in [0.25, 0.3) is 0 Å². The van der Waals surface area contributed by atoms with Crippen molar-refractivity contribution in [3.05, 3.63) is 53.2 Å². The third kappa shape index (κ3) is 4.03. The lowest BCUT2D eigenvalue weighted by Crippen LogP contribution is -2.49. The minimum absolute atomic E-state index is 0.00827. The van der Waals surface area contributed by atoms with Crippen LogP contribution in [-0.4, -0.2) is 42.0 Å². The van der Waals surface area contributed by atoms with Gasteiger partial charge in [-0.2, -0.15) is 0 Å². The molecule has 23 heavy (non-hydrogen) atoms. The molecule has 0 spiro atoms. The number of anilines is 1. The van der Waals surface area contributed by atoms with Gasteiger partial charge in [0.05, 0.1) is 17.8 Å². The second-order valence-corrected chi connectivity index (χ2v) is 5.81. The zero-order valence-corrected chi connectivity index (χ0v) is 13.2. The van der Waals surface area contributed by atoms with Crippen molar-refractivity contribution in [3.8, 4) is 0 Å². The quantitative estimate of drug-likeness (QED) is 0.933. The van der Waals surface area contributed by atoms with E-state index in [0.29, 0.717) is 18.8 Å². The summed E-state index contributed by atoms with van der Waals surface area (Å²) < 4.78 is 18.5. The van der Waals surface area contributed by atoms with E-state index in [1.54, 1.807) is 11.2 Å². The molecule has 2 heterocycles. The summed E-state index contributed by atoms with van der Waals surface area (Å²) in [5.74, 6) is 0.417. The van der Waals surface area contributed by atoms with Crippen LogP contribution in [0.15, 0.2) is 41.0 Å². The minimum atomic E-state index is -0.504. The molecule has 0 atom stereocenters. The van der Waals surface area contributed by atoms with Gasteiger partial charge in [-0.05, 0) is 30.3 Å². The molecule has 1 aliphatic rings. The number of piperazine rings is 1.